The molecule has 4 rings (SSSR count). The maximum Gasteiger partial charge on any atom is 0.243 e. The van der Waals surface area contributed by atoms with E-state index < -0.39 is 11.9 Å². The topological polar surface area (TPSA) is 58.6 Å². The average Bonchev–Trinajstić information content (AvgIpc) is 3.46. The number of nitrogens with zero attached hydrogens (tertiary/aromatic N) is 1. The van der Waals surface area contributed by atoms with Crippen molar-refractivity contribution < 1.29 is 18.7 Å². The SMILES string of the molecule is COc1cccc(CN(C(=O)CSCc2c(F)cccc2Cl)[C@@H](Cc2ccccc2)C(=O)NC2CCCC2)c1. The van der Waals surface area contributed by atoms with Crippen molar-refractivity contribution in [1.82, 2.24) is 10.2 Å². The van der Waals surface area contributed by atoms with Crippen molar-refractivity contribution in [3.8, 4) is 5.75 Å². The van der Waals surface area contributed by atoms with Crippen molar-refractivity contribution in [2.45, 2.75) is 56.5 Å². The lowest BCUT2D eigenvalue weighted by Crippen LogP contribution is -2.52. The Balaban J connectivity index is 1.59. The summed E-state index contributed by atoms with van der Waals surface area (Å²) >= 11 is 7.48. The van der Waals surface area contributed by atoms with Gasteiger partial charge in [-0.05, 0) is 48.2 Å². The number of carbonyl (C=O) groups is 2. The molecule has 206 valence electrons. The first-order valence-corrected chi connectivity index (χ1v) is 14.7. The van der Waals surface area contributed by atoms with E-state index in [1.165, 1.54) is 17.8 Å². The third-order valence-corrected chi connectivity index (χ3v) is 8.29. The van der Waals surface area contributed by atoms with Gasteiger partial charge in [0.15, 0.2) is 0 Å². The summed E-state index contributed by atoms with van der Waals surface area (Å²) in [4.78, 5) is 29.2. The molecule has 0 bridgehead atoms. The zero-order chi connectivity index (χ0) is 27.6. The standard InChI is InChI=1S/C31H34ClFN2O3S/c1-38-25-14-7-11-23(17-25)19-35(30(36)21-39-20-26-27(32)15-8-16-28(26)33)29(18-22-9-3-2-4-10-22)31(37)34-24-12-5-6-13-24/h2-4,7-11,14-17,24,29H,5-6,12-13,18-21H2,1H3,(H,34,37)/t29-/m0/s1. The summed E-state index contributed by atoms with van der Waals surface area (Å²) < 4.78 is 19.7. The molecule has 0 radical (unpaired) electrons. The molecule has 0 aliphatic heterocycles. The molecule has 1 fully saturated rings. The summed E-state index contributed by atoms with van der Waals surface area (Å²) in [6.45, 7) is 0.243. The Morgan fingerprint density at radius 1 is 1.05 bits per heavy atom. The number of nitrogens with one attached hydrogen (secondary N) is 1. The predicted octanol–water partition coefficient (Wildman–Crippen LogP) is 6.42. The Hall–Kier alpha value is -3.03. The highest BCUT2D eigenvalue weighted by Crippen LogP contribution is 2.26. The zero-order valence-electron chi connectivity index (χ0n) is 22.1. The summed E-state index contributed by atoms with van der Waals surface area (Å²) in [5, 5.41) is 3.54. The van der Waals surface area contributed by atoms with Gasteiger partial charge in [0.05, 0.1) is 12.9 Å². The predicted molar refractivity (Wildman–Crippen MR) is 155 cm³/mol. The van der Waals surface area contributed by atoms with Crippen molar-refractivity contribution in [3.63, 3.8) is 0 Å². The van der Waals surface area contributed by atoms with E-state index in [1.54, 1.807) is 24.1 Å². The number of ether oxygens (including phenoxy) is 1. The van der Waals surface area contributed by atoms with Crippen LogP contribution in [0.1, 0.15) is 42.4 Å². The second kappa shape index (κ2) is 14.4. The number of hydrogen-bond donors (Lipinski definition) is 1. The summed E-state index contributed by atoms with van der Waals surface area (Å²) in [6.07, 6.45) is 4.48. The van der Waals surface area contributed by atoms with Crippen molar-refractivity contribution in [1.29, 1.82) is 0 Å². The van der Waals surface area contributed by atoms with Crippen molar-refractivity contribution in [3.05, 3.63) is 100 Å². The van der Waals surface area contributed by atoms with Crippen molar-refractivity contribution in [2.24, 2.45) is 0 Å². The third kappa shape index (κ3) is 8.23. The molecule has 8 heteroatoms. The molecule has 1 aliphatic rings. The van der Waals surface area contributed by atoms with E-state index in [2.05, 4.69) is 5.32 Å². The minimum absolute atomic E-state index is 0.0800. The lowest BCUT2D eigenvalue weighted by Gasteiger charge is -2.32. The first-order valence-electron chi connectivity index (χ1n) is 13.2. The molecule has 3 aromatic carbocycles. The van der Waals surface area contributed by atoms with Gasteiger partial charge in [-0.2, -0.15) is 0 Å². The summed E-state index contributed by atoms with van der Waals surface area (Å²) in [6, 6.07) is 21.2. The van der Waals surface area contributed by atoms with Crippen molar-refractivity contribution in [2.75, 3.05) is 12.9 Å². The van der Waals surface area contributed by atoms with Gasteiger partial charge in [-0.3, -0.25) is 9.59 Å². The minimum Gasteiger partial charge on any atom is -0.497 e. The van der Waals surface area contributed by atoms with E-state index in [0.29, 0.717) is 22.8 Å². The van der Waals surface area contributed by atoms with Gasteiger partial charge in [0, 0.05) is 35.3 Å². The van der Waals surface area contributed by atoms with Crippen LogP contribution in [0, 0.1) is 5.82 Å². The Morgan fingerprint density at radius 3 is 2.49 bits per heavy atom. The monoisotopic (exact) mass is 568 g/mol. The van der Waals surface area contributed by atoms with Crippen LogP contribution in [0.2, 0.25) is 5.02 Å². The number of thioether (sulfide) groups is 1. The quantitative estimate of drug-likeness (QED) is 0.274. The van der Waals surface area contributed by atoms with Gasteiger partial charge in [-0.1, -0.05) is 73.0 Å². The second-order valence-corrected chi connectivity index (χ2v) is 11.2. The van der Waals surface area contributed by atoms with Crippen LogP contribution in [-0.4, -0.2) is 41.7 Å². The molecule has 0 aromatic heterocycles. The number of benzene rings is 3. The molecule has 5 nitrogen and oxygen atoms in total. The molecule has 1 atom stereocenters. The second-order valence-electron chi connectivity index (χ2n) is 9.76. The van der Waals surface area contributed by atoms with Gasteiger partial charge < -0.3 is 15.0 Å². The van der Waals surface area contributed by atoms with Crippen LogP contribution >= 0.6 is 23.4 Å². The Labute approximate surface area is 239 Å². The summed E-state index contributed by atoms with van der Waals surface area (Å²) in [5.41, 5.74) is 2.20. The normalized spacial score (nSPS) is 14.1. The largest absolute Gasteiger partial charge is 0.497 e. The molecule has 0 saturated heterocycles. The average molecular weight is 569 g/mol. The van der Waals surface area contributed by atoms with E-state index in [9.17, 15) is 14.0 Å². The van der Waals surface area contributed by atoms with Gasteiger partial charge in [0.1, 0.15) is 17.6 Å². The number of amides is 2. The fraction of sp³-hybridized carbons (Fsp3) is 0.355. The fourth-order valence-corrected chi connectivity index (χ4v) is 6.13. The molecule has 1 N–H and O–H groups in total. The number of rotatable bonds is 12. The van der Waals surface area contributed by atoms with Gasteiger partial charge >= 0.3 is 0 Å². The molecule has 3 aromatic rings. The Kier molecular flexibility index (Phi) is 10.7. The van der Waals surface area contributed by atoms with Crippen LogP contribution in [0.25, 0.3) is 0 Å². The maximum atomic E-state index is 14.3. The third-order valence-electron chi connectivity index (χ3n) is 6.99. The Morgan fingerprint density at radius 2 is 1.77 bits per heavy atom. The van der Waals surface area contributed by atoms with Gasteiger partial charge in [-0.15, -0.1) is 11.8 Å². The first kappa shape index (κ1) is 29.0. The molecule has 0 spiro atoms. The number of halogens is 2. The van der Waals surface area contributed by atoms with Crippen LogP contribution in [-0.2, 0) is 28.3 Å². The van der Waals surface area contributed by atoms with Gasteiger partial charge in [0.2, 0.25) is 11.8 Å². The van der Waals surface area contributed by atoms with Gasteiger partial charge in [-0.25, -0.2) is 4.39 Å². The van der Waals surface area contributed by atoms with Crippen LogP contribution in [0.5, 0.6) is 5.75 Å². The Bertz CT molecular complexity index is 1230. The zero-order valence-corrected chi connectivity index (χ0v) is 23.6. The summed E-state index contributed by atoms with van der Waals surface area (Å²) in [5.74, 6) is 0.271. The van der Waals surface area contributed by atoms with E-state index in [0.717, 1.165) is 36.8 Å². The molecular weight excluding hydrogens is 535 g/mol. The number of methoxy groups -OCH3 is 1. The van der Waals surface area contributed by atoms with Crippen LogP contribution in [0.4, 0.5) is 4.39 Å². The van der Waals surface area contributed by atoms with E-state index in [1.807, 2.05) is 54.6 Å². The highest BCUT2D eigenvalue weighted by molar-refractivity contribution is 7.99. The van der Waals surface area contributed by atoms with Crippen LogP contribution in [0.15, 0.2) is 72.8 Å². The molecule has 0 heterocycles. The minimum atomic E-state index is -0.704. The highest BCUT2D eigenvalue weighted by Gasteiger charge is 2.32. The van der Waals surface area contributed by atoms with Crippen LogP contribution < -0.4 is 10.1 Å². The lowest BCUT2D eigenvalue weighted by molar-refractivity contribution is -0.139. The maximum absolute atomic E-state index is 14.3. The number of hydrogen-bond acceptors (Lipinski definition) is 4. The first-order chi connectivity index (χ1) is 18.9. The smallest absolute Gasteiger partial charge is 0.243 e. The van der Waals surface area contributed by atoms with Crippen LogP contribution in [0.3, 0.4) is 0 Å². The molecule has 0 unspecified atom stereocenters. The lowest BCUT2D eigenvalue weighted by atomic mass is 10.0. The van der Waals surface area contributed by atoms with Gasteiger partial charge in [0.25, 0.3) is 0 Å². The van der Waals surface area contributed by atoms with Crippen molar-refractivity contribution >= 4 is 35.2 Å². The highest BCUT2D eigenvalue weighted by atomic mass is 35.5. The summed E-state index contributed by atoms with van der Waals surface area (Å²) in [7, 11) is 1.60. The molecular formula is C31H34ClFN2O3S. The molecule has 1 aliphatic carbocycles. The fourth-order valence-electron chi connectivity index (χ4n) is 4.88. The van der Waals surface area contributed by atoms with E-state index in [4.69, 9.17) is 16.3 Å². The molecule has 1 saturated carbocycles. The van der Waals surface area contributed by atoms with E-state index in [-0.39, 0.29) is 35.9 Å². The van der Waals surface area contributed by atoms with E-state index >= 15 is 0 Å². The molecule has 39 heavy (non-hydrogen) atoms. The molecule has 2 amide bonds. The number of carbonyl (C=O) groups excluding carboxylic acids is 2.